The van der Waals surface area contributed by atoms with Gasteiger partial charge in [0.1, 0.15) is 0 Å². The van der Waals surface area contributed by atoms with Crippen molar-refractivity contribution in [1.29, 1.82) is 0 Å². The van der Waals surface area contributed by atoms with E-state index in [1.807, 2.05) is 19.1 Å². The van der Waals surface area contributed by atoms with E-state index in [-0.39, 0.29) is 5.91 Å². The van der Waals surface area contributed by atoms with Gasteiger partial charge in [-0.05, 0) is 74.8 Å². The molecule has 34 heavy (non-hydrogen) atoms. The quantitative estimate of drug-likeness (QED) is 0.651. The fourth-order valence-electron chi connectivity index (χ4n) is 5.27. The van der Waals surface area contributed by atoms with E-state index in [9.17, 15) is 4.79 Å². The number of aryl methyl sites for hydroxylation is 1. The van der Waals surface area contributed by atoms with E-state index in [2.05, 4.69) is 53.3 Å². The van der Waals surface area contributed by atoms with Crippen molar-refractivity contribution in [3.8, 4) is 5.88 Å². The highest BCUT2D eigenvalue weighted by Crippen LogP contribution is 2.32. The maximum absolute atomic E-state index is 13.5. The number of ether oxygens (including phenoxy) is 2. The fraction of sp³-hybridized carbons (Fsp3) is 0.500. The monoisotopic (exact) mass is 463 g/mol. The maximum atomic E-state index is 13.5. The first-order chi connectivity index (χ1) is 16.5. The van der Waals surface area contributed by atoms with E-state index >= 15 is 0 Å². The number of fused-ring (bicyclic) bond motifs is 2. The largest absolute Gasteiger partial charge is 0.481 e. The van der Waals surface area contributed by atoms with Crippen LogP contribution in [0.4, 0.5) is 5.69 Å². The number of nitrogens with one attached hydrogen (secondary N) is 1. The molecule has 1 fully saturated rings. The third-order valence-corrected chi connectivity index (χ3v) is 7.05. The number of aromatic nitrogens is 1. The van der Waals surface area contributed by atoms with Crippen molar-refractivity contribution in [2.24, 2.45) is 0 Å². The molecule has 0 saturated carbocycles. The van der Waals surface area contributed by atoms with Gasteiger partial charge in [0.05, 0.1) is 7.11 Å². The van der Waals surface area contributed by atoms with Crippen molar-refractivity contribution in [3.05, 3.63) is 64.4 Å². The number of hydrogen-bond acceptors (Lipinski definition) is 5. The second-order valence-corrected chi connectivity index (χ2v) is 9.27. The molecule has 1 amide bonds. The number of methoxy groups -OCH3 is 1. The molecular formula is C28H37N3O3. The summed E-state index contributed by atoms with van der Waals surface area (Å²) in [6, 6.07) is 8.67. The Balaban J connectivity index is 1.73. The Morgan fingerprint density at radius 3 is 2.74 bits per heavy atom. The number of amides is 1. The Hall–Kier alpha value is -2.86. The molecule has 0 radical (unpaired) electrons. The number of allylic oxidation sites excluding steroid dienone is 2. The lowest BCUT2D eigenvalue weighted by Gasteiger charge is -2.37. The first kappa shape index (κ1) is 24.3. The average molecular weight is 464 g/mol. The second-order valence-electron chi connectivity index (χ2n) is 9.27. The van der Waals surface area contributed by atoms with Crippen LogP contribution < -0.4 is 15.0 Å². The molecule has 1 saturated heterocycles. The minimum absolute atomic E-state index is 0.0601. The SMILES string of the molecule is CCN(c1cccc2c1C/C=C/CC(C)c1cc(C)nc(OC)c1CNC2=O)C1CCOCC1. The molecule has 3 heterocycles. The highest BCUT2D eigenvalue weighted by Gasteiger charge is 2.25. The summed E-state index contributed by atoms with van der Waals surface area (Å²) in [7, 11) is 1.64. The average Bonchev–Trinajstić information content (AvgIpc) is 2.86. The zero-order chi connectivity index (χ0) is 24.1. The van der Waals surface area contributed by atoms with E-state index in [0.29, 0.717) is 24.4 Å². The molecule has 2 aliphatic rings. The first-order valence-electron chi connectivity index (χ1n) is 12.5. The molecule has 1 unspecified atom stereocenters. The molecule has 182 valence electrons. The minimum Gasteiger partial charge on any atom is -0.481 e. The van der Waals surface area contributed by atoms with Crippen LogP contribution >= 0.6 is 0 Å². The van der Waals surface area contributed by atoms with Gasteiger partial charge >= 0.3 is 0 Å². The Bertz CT molecular complexity index is 1040. The van der Waals surface area contributed by atoms with Crippen molar-refractivity contribution >= 4 is 11.6 Å². The van der Waals surface area contributed by atoms with Gasteiger partial charge in [-0.1, -0.05) is 25.1 Å². The molecule has 1 aromatic heterocycles. The summed E-state index contributed by atoms with van der Waals surface area (Å²) in [4.78, 5) is 20.5. The topological polar surface area (TPSA) is 63.7 Å². The van der Waals surface area contributed by atoms with Gasteiger partial charge < -0.3 is 19.7 Å². The molecule has 6 nitrogen and oxygen atoms in total. The molecule has 1 atom stereocenters. The molecule has 4 rings (SSSR count). The van der Waals surface area contributed by atoms with E-state index in [4.69, 9.17) is 9.47 Å². The fourth-order valence-corrected chi connectivity index (χ4v) is 5.27. The van der Waals surface area contributed by atoms with Gasteiger partial charge in [0.15, 0.2) is 0 Å². The third-order valence-electron chi connectivity index (χ3n) is 7.05. The summed E-state index contributed by atoms with van der Waals surface area (Å²) in [6.45, 7) is 9.28. The smallest absolute Gasteiger partial charge is 0.251 e. The summed E-state index contributed by atoms with van der Waals surface area (Å²) in [6.07, 6.45) is 8.15. The van der Waals surface area contributed by atoms with E-state index in [1.165, 1.54) is 5.56 Å². The number of carbonyl (C=O) groups excluding carboxylic acids is 1. The van der Waals surface area contributed by atoms with Gasteiger partial charge in [0, 0.05) is 54.9 Å². The molecular weight excluding hydrogens is 426 g/mol. The predicted molar refractivity (Wildman–Crippen MR) is 136 cm³/mol. The lowest BCUT2D eigenvalue weighted by molar-refractivity contribution is 0.0845. The normalized spacial score (nSPS) is 20.2. The van der Waals surface area contributed by atoms with E-state index in [1.54, 1.807) is 7.11 Å². The molecule has 0 aliphatic carbocycles. The summed E-state index contributed by atoms with van der Waals surface area (Å²) in [5.74, 6) is 0.825. The van der Waals surface area contributed by atoms with E-state index in [0.717, 1.165) is 73.5 Å². The lowest BCUT2D eigenvalue weighted by atomic mass is 9.91. The molecule has 1 aromatic carbocycles. The third kappa shape index (κ3) is 5.12. The Labute approximate surface area is 203 Å². The second kappa shape index (κ2) is 11.0. The van der Waals surface area contributed by atoms with Gasteiger partial charge in [0.2, 0.25) is 5.88 Å². The van der Waals surface area contributed by atoms with Crippen LogP contribution in [0.3, 0.4) is 0 Å². The van der Waals surface area contributed by atoms with Crippen molar-refractivity contribution < 1.29 is 14.3 Å². The van der Waals surface area contributed by atoms with Crippen molar-refractivity contribution in [1.82, 2.24) is 10.3 Å². The van der Waals surface area contributed by atoms with Crippen LogP contribution in [0.25, 0.3) is 0 Å². The first-order valence-corrected chi connectivity index (χ1v) is 12.5. The van der Waals surface area contributed by atoms with Crippen LogP contribution in [0.15, 0.2) is 36.4 Å². The number of hydrogen-bond donors (Lipinski definition) is 1. The maximum Gasteiger partial charge on any atom is 0.251 e. The number of carbonyl (C=O) groups is 1. The highest BCUT2D eigenvalue weighted by atomic mass is 16.5. The van der Waals surface area contributed by atoms with Crippen molar-refractivity contribution in [2.75, 3.05) is 31.8 Å². The van der Waals surface area contributed by atoms with Crippen LogP contribution in [0.1, 0.15) is 71.8 Å². The molecule has 2 aliphatic heterocycles. The predicted octanol–water partition coefficient (Wildman–Crippen LogP) is 4.94. The van der Waals surface area contributed by atoms with Gasteiger partial charge in [0.25, 0.3) is 5.91 Å². The lowest BCUT2D eigenvalue weighted by Crippen LogP contribution is -2.40. The highest BCUT2D eigenvalue weighted by molar-refractivity contribution is 5.97. The zero-order valence-electron chi connectivity index (χ0n) is 20.9. The summed E-state index contributed by atoms with van der Waals surface area (Å²) < 4.78 is 11.2. The van der Waals surface area contributed by atoms with Crippen LogP contribution in [0.5, 0.6) is 5.88 Å². The van der Waals surface area contributed by atoms with Crippen LogP contribution in [0, 0.1) is 6.92 Å². The molecule has 0 bridgehead atoms. The zero-order valence-corrected chi connectivity index (χ0v) is 20.9. The van der Waals surface area contributed by atoms with Gasteiger partial charge in [-0.15, -0.1) is 0 Å². The molecule has 6 heteroatoms. The van der Waals surface area contributed by atoms with Crippen LogP contribution in [-0.2, 0) is 17.7 Å². The Morgan fingerprint density at radius 1 is 1.21 bits per heavy atom. The Kier molecular flexibility index (Phi) is 7.88. The number of nitrogens with zero attached hydrogens (tertiary/aromatic N) is 2. The van der Waals surface area contributed by atoms with E-state index < -0.39 is 0 Å². The number of anilines is 1. The minimum atomic E-state index is -0.0601. The summed E-state index contributed by atoms with van der Waals surface area (Å²) in [5.41, 5.74) is 6.05. The number of benzene rings is 1. The van der Waals surface area contributed by atoms with Crippen LogP contribution in [0.2, 0.25) is 0 Å². The van der Waals surface area contributed by atoms with Gasteiger partial charge in [-0.2, -0.15) is 0 Å². The standard InChI is InChI=1S/C28H37N3O3/c1-5-31(21-13-15-34-16-14-21)26-12-8-11-23-22(26)10-7-6-9-19(2)24-17-20(3)30-28(33-4)25(24)18-29-27(23)32/h6-8,11-12,17,19,21H,5,9-10,13-16,18H2,1-4H3,(H,29,32)/b7-6+. The summed E-state index contributed by atoms with van der Waals surface area (Å²) in [5, 5.41) is 3.17. The molecule has 1 N–H and O–H groups in total. The van der Waals surface area contributed by atoms with Gasteiger partial charge in [-0.25, -0.2) is 4.98 Å². The summed E-state index contributed by atoms with van der Waals surface area (Å²) >= 11 is 0. The number of rotatable bonds is 4. The molecule has 2 aromatic rings. The van der Waals surface area contributed by atoms with Crippen LogP contribution in [-0.4, -0.2) is 43.8 Å². The number of pyridine rings is 1. The Morgan fingerprint density at radius 2 is 2.00 bits per heavy atom. The molecule has 0 spiro atoms. The van der Waals surface area contributed by atoms with Crippen molar-refractivity contribution in [3.63, 3.8) is 0 Å². The van der Waals surface area contributed by atoms with Gasteiger partial charge in [-0.3, -0.25) is 4.79 Å². The van der Waals surface area contributed by atoms with Crippen molar-refractivity contribution in [2.45, 2.75) is 65.0 Å².